The van der Waals surface area contributed by atoms with Crippen LogP contribution in [0.25, 0.3) is 0 Å². The van der Waals surface area contributed by atoms with Crippen molar-refractivity contribution < 1.29 is 9.53 Å². The van der Waals surface area contributed by atoms with Crippen LogP contribution < -0.4 is 0 Å². The Morgan fingerprint density at radius 3 is 2.95 bits per heavy atom. The van der Waals surface area contributed by atoms with Crippen LogP contribution in [0.2, 0.25) is 0 Å². The van der Waals surface area contributed by atoms with Crippen molar-refractivity contribution in [1.82, 2.24) is 19.4 Å². The van der Waals surface area contributed by atoms with Gasteiger partial charge in [-0.05, 0) is 33.4 Å². The average Bonchev–Trinajstić information content (AvgIpc) is 3.02. The number of carbonyl (C=O) groups excluding carboxylic acids is 1. The summed E-state index contributed by atoms with van der Waals surface area (Å²) in [4.78, 5) is 13.3. The molecule has 2 aromatic heterocycles. The highest BCUT2D eigenvalue weighted by atomic mass is 79.9. The SMILES string of the molecule is COCCn1ncc(Br)c1C(=O)c1snnc1C(C)C. The normalized spacial score (nSPS) is 11.2. The molecule has 0 aliphatic carbocycles. The molecule has 0 bridgehead atoms. The number of hydrogen-bond acceptors (Lipinski definition) is 6. The molecule has 20 heavy (non-hydrogen) atoms. The quantitative estimate of drug-likeness (QED) is 0.742. The predicted octanol–water partition coefficient (Wildman–Crippen LogP) is 2.50. The minimum atomic E-state index is -0.107. The second-order valence-electron chi connectivity index (χ2n) is 4.53. The van der Waals surface area contributed by atoms with Crippen molar-refractivity contribution in [3.63, 3.8) is 0 Å². The molecule has 0 N–H and O–H groups in total. The highest BCUT2D eigenvalue weighted by molar-refractivity contribution is 9.10. The highest BCUT2D eigenvalue weighted by Gasteiger charge is 2.25. The van der Waals surface area contributed by atoms with E-state index in [4.69, 9.17) is 4.74 Å². The molecular formula is C12H15BrN4O2S. The predicted molar refractivity (Wildman–Crippen MR) is 79.2 cm³/mol. The van der Waals surface area contributed by atoms with Gasteiger partial charge in [-0.15, -0.1) is 5.10 Å². The Balaban J connectivity index is 2.38. The van der Waals surface area contributed by atoms with E-state index >= 15 is 0 Å². The minimum absolute atomic E-state index is 0.107. The van der Waals surface area contributed by atoms with Gasteiger partial charge in [0.25, 0.3) is 0 Å². The molecule has 0 unspecified atom stereocenters. The summed E-state index contributed by atoms with van der Waals surface area (Å²) in [5.74, 6) is 0.0472. The van der Waals surface area contributed by atoms with E-state index in [2.05, 4.69) is 30.6 Å². The van der Waals surface area contributed by atoms with Gasteiger partial charge in [0, 0.05) is 7.11 Å². The van der Waals surface area contributed by atoms with Gasteiger partial charge in [-0.2, -0.15) is 5.10 Å². The minimum Gasteiger partial charge on any atom is -0.383 e. The van der Waals surface area contributed by atoms with Gasteiger partial charge in [0.15, 0.2) is 0 Å². The first-order chi connectivity index (χ1) is 9.56. The first-order valence-electron chi connectivity index (χ1n) is 6.13. The topological polar surface area (TPSA) is 69.9 Å². The van der Waals surface area contributed by atoms with Gasteiger partial charge < -0.3 is 4.74 Å². The van der Waals surface area contributed by atoms with Crippen LogP contribution in [0.5, 0.6) is 0 Å². The number of rotatable bonds is 6. The molecule has 0 aliphatic rings. The maximum atomic E-state index is 12.7. The van der Waals surface area contributed by atoms with E-state index in [-0.39, 0.29) is 11.7 Å². The molecule has 2 rings (SSSR count). The molecule has 0 spiro atoms. The molecule has 0 saturated heterocycles. The van der Waals surface area contributed by atoms with E-state index in [1.807, 2.05) is 13.8 Å². The van der Waals surface area contributed by atoms with Crippen LogP contribution in [-0.4, -0.2) is 38.9 Å². The first kappa shape index (κ1) is 15.3. The van der Waals surface area contributed by atoms with Crippen LogP contribution in [0.4, 0.5) is 0 Å². The smallest absolute Gasteiger partial charge is 0.225 e. The van der Waals surface area contributed by atoms with Crippen molar-refractivity contribution in [3.05, 3.63) is 26.9 Å². The number of methoxy groups -OCH3 is 1. The van der Waals surface area contributed by atoms with E-state index in [0.717, 1.165) is 17.2 Å². The van der Waals surface area contributed by atoms with Crippen molar-refractivity contribution >= 4 is 33.2 Å². The average molecular weight is 359 g/mol. The third kappa shape index (κ3) is 2.97. The van der Waals surface area contributed by atoms with Crippen LogP contribution >= 0.6 is 27.5 Å². The Morgan fingerprint density at radius 1 is 1.55 bits per heavy atom. The molecule has 0 saturated carbocycles. The summed E-state index contributed by atoms with van der Waals surface area (Å²) in [5, 5.41) is 8.24. The Hall–Kier alpha value is -1.12. The van der Waals surface area contributed by atoms with Crippen LogP contribution in [0.1, 0.15) is 40.8 Å². The summed E-state index contributed by atoms with van der Waals surface area (Å²) in [5.41, 5.74) is 1.24. The van der Waals surface area contributed by atoms with E-state index in [1.165, 1.54) is 0 Å². The summed E-state index contributed by atoms with van der Waals surface area (Å²) in [7, 11) is 1.62. The largest absolute Gasteiger partial charge is 0.383 e. The monoisotopic (exact) mass is 358 g/mol. The number of halogens is 1. The lowest BCUT2D eigenvalue weighted by Crippen LogP contribution is -2.15. The van der Waals surface area contributed by atoms with Crippen molar-refractivity contribution in [2.24, 2.45) is 0 Å². The number of ether oxygens (including phenoxy) is 1. The zero-order valence-electron chi connectivity index (χ0n) is 11.5. The summed E-state index contributed by atoms with van der Waals surface area (Å²) in [6.45, 7) is 4.99. The molecule has 0 fully saturated rings. The second kappa shape index (κ2) is 6.55. The van der Waals surface area contributed by atoms with Gasteiger partial charge in [-0.25, -0.2) is 0 Å². The molecule has 2 aromatic rings. The lowest BCUT2D eigenvalue weighted by Gasteiger charge is -2.07. The lowest BCUT2D eigenvalue weighted by molar-refractivity contribution is 0.102. The summed E-state index contributed by atoms with van der Waals surface area (Å²) in [6, 6.07) is 0. The zero-order chi connectivity index (χ0) is 14.7. The van der Waals surface area contributed by atoms with Gasteiger partial charge in [-0.3, -0.25) is 9.48 Å². The fourth-order valence-corrected chi connectivity index (χ4v) is 3.01. The fourth-order valence-electron chi connectivity index (χ4n) is 1.78. The van der Waals surface area contributed by atoms with E-state index in [0.29, 0.717) is 28.2 Å². The molecular weight excluding hydrogens is 344 g/mol. The molecule has 0 aromatic carbocycles. The molecule has 108 valence electrons. The summed E-state index contributed by atoms with van der Waals surface area (Å²) < 4.78 is 11.2. The second-order valence-corrected chi connectivity index (χ2v) is 6.14. The van der Waals surface area contributed by atoms with Crippen LogP contribution in [0, 0.1) is 0 Å². The summed E-state index contributed by atoms with van der Waals surface area (Å²) >= 11 is 4.50. The number of nitrogens with zero attached hydrogens (tertiary/aromatic N) is 4. The van der Waals surface area contributed by atoms with Gasteiger partial charge in [-0.1, -0.05) is 18.3 Å². The van der Waals surface area contributed by atoms with Gasteiger partial charge >= 0.3 is 0 Å². The highest BCUT2D eigenvalue weighted by Crippen LogP contribution is 2.26. The number of carbonyl (C=O) groups is 1. The van der Waals surface area contributed by atoms with Crippen LogP contribution in [0.15, 0.2) is 10.7 Å². The van der Waals surface area contributed by atoms with Gasteiger partial charge in [0.1, 0.15) is 10.6 Å². The lowest BCUT2D eigenvalue weighted by atomic mass is 10.1. The third-order valence-corrected chi connectivity index (χ3v) is 4.10. The Bertz CT molecular complexity index is 608. The molecule has 0 radical (unpaired) electrons. The molecule has 2 heterocycles. The third-order valence-electron chi connectivity index (χ3n) is 2.78. The molecule has 0 aliphatic heterocycles. The number of ketones is 1. The molecule has 0 atom stereocenters. The van der Waals surface area contributed by atoms with Crippen molar-refractivity contribution in [2.45, 2.75) is 26.3 Å². The Labute approximate surface area is 129 Å². The molecule has 6 nitrogen and oxygen atoms in total. The van der Waals surface area contributed by atoms with Crippen molar-refractivity contribution in [1.29, 1.82) is 0 Å². The Morgan fingerprint density at radius 2 is 2.30 bits per heavy atom. The summed E-state index contributed by atoms with van der Waals surface area (Å²) in [6.07, 6.45) is 1.62. The maximum Gasteiger partial charge on any atom is 0.225 e. The first-order valence-corrected chi connectivity index (χ1v) is 7.70. The van der Waals surface area contributed by atoms with Gasteiger partial charge in [0.05, 0.1) is 29.5 Å². The van der Waals surface area contributed by atoms with Crippen LogP contribution in [-0.2, 0) is 11.3 Å². The van der Waals surface area contributed by atoms with Crippen LogP contribution in [0.3, 0.4) is 0 Å². The molecule has 0 amide bonds. The van der Waals surface area contributed by atoms with E-state index in [9.17, 15) is 4.79 Å². The van der Waals surface area contributed by atoms with E-state index in [1.54, 1.807) is 18.0 Å². The standard InChI is InChI=1S/C12H15BrN4O2S/c1-7(2)9-12(20-16-15-9)11(18)10-8(13)6-14-17(10)4-5-19-3/h6-7H,4-5H2,1-3H3. The van der Waals surface area contributed by atoms with Crippen molar-refractivity contribution in [3.8, 4) is 0 Å². The van der Waals surface area contributed by atoms with Gasteiger partial charge in [0.2, 0.25) is 5.78 Å². The van der Waals surface area contributed by atoms with E-state index < -0.39 is 0 Å². The Kier molecular flexibility index (Phi) is 5.00. The number of hydrogen-bond donors (Lipinski definition) is 0. The maximum absolute atomic E-state index is 12.7. The fraction of sp³-hybridized carbons (Fsp3) is 0.500. The number of aromatic nitrogens is 4. The van der Waals surface area contributed by atoms with Crippen molar-refractivity contribution in [2.75, 3.05) is 13.7 Å². The zero-order valence-corrected chi connectivity index (χ0v) is 13.9. The molecule has 8 heteroatoms.